The van der Waals surface area contributed by atoms with Gasteiger partial charge in [-0.3, -0.25) is 0 Å². The third-order valence-corrected chi connectivity index (χ3v) is 2.66. The van der Waals surface area contributed by atoms with Crippen LogP contribution in [0.1, 0.15) is 11.1 Å². The predicted octanol–water partition coefficient (Wildman–Crippen LogP) is 2.84. The molecule has 0 saturated heterocycles. The molecule has 2 rings (SSSR count). The number of benzene rings is 2. The monoisotopic (exact) mass is 261 g/mol. The Hall–Kier alpha value is -1.91. The maximum Gasteiger partial charge on any atom is 0.189 e. The van der Waals surface area contributed by atoms with Gasteiger partial charge in [-0.25, -0.2) is 4.39 Å². The molecule has 2 aromatic rings. The highest BCUT2D eigenvalue weighted by Gasteiger charge is 2.02. The molecule has 0 unspecified atom stereocenters. The van der Waals surface area contributed by atoms with Gasteiger partial charge >= 0.3 is 0 Å². The maximum atomic E-state index is 13.4. The summed E-state index contributed by atoms with van der Waals surface area (Å²) >= 11 is 0. The third kappa shape index (κ3) is 4.05. The fraction of sp³-hybridized carbons (Fsp3) is 0.200. The molecule has 4 heteroatoms. The molecular weight excluding hydrogens is 245 g/mol. The summed E-state index contributed by atoms with van der Waals surface area (Å²) in [6.07, 6.45) is 0. The molecule has 100 valence electrons. The smallest absolute Gasteiger partial charge is 0.189 e. The van der Waals surface area contributed by atoms with Crippen LogP contribution in [0.2, 0.25) is 0 Å². The number of halogens is 1. The van der Waals surface area contributed by atoms with Crippen molar-refractivity contribution in [3.8, 4) is 5.75 Å². The van der Waals surface area contributed by atoms with E-state index >= 15 is 0 Å². The normalized spacial score (nSPS) is 10.4. The Bertz CT molecular complexity index is 517. The summed E-state index contributed by atoms with van der Waals surface area (Å²) in [6.45, 7) is 0.719. The van der Waals surface area contributed by atoms with Crippen molar-refractivity contribution >= 4 is 0 Å². The van der Waals surface area contributed by atoms with Crippen molar-refractivity contribution in [1.29, 1.82) is 0 Å². The Morgan fingerprint density at radius 2 is 1.84 bits per heavy atom. The van der Waals surface area contributed by atoms with E-state index in [0.29, 0.717) is 17.9 Å². The predicted molar refractivity (Wildman–Crippen MR) is 71.0 cm³/mol. The molecule has 0 heterocycles. The summed E-state index contributed by atoms with van der Waals surface area (Å²) in [5.74, 6) is 0.0748. The standard InChI is InChI=1S/C15H16FNO2/c16-15-8-14(7-6-13(15)9-17)19-11-18-10-12-4-2-1-3-5-12/h1-8H,9-11,17H2. The van der Waals surface area contributed by atoms with Gasteiger partial charge in [0, 0.05) is 18.2 Å². The first kappa shape index (κ1) is 13.5. The highest BCUT2D eigenvalue weighted by molar-refractivity contribution is 5.28. The molecule has 0 aliphatic carbocycles. The van der Waals surface area contributed by atoms with Gasteiger partial charge in [-0.1, -0.05) is 36.4 Å². The number of nitrogens with two attached hydrogens (primary N) is 1. The Balaban J connectivity index is 1.78. The minimum Gasteiger partial charge on any atom is -0.467 e. The Morgan fingerprint density at radius 3 is 2.53 bits per heavy atom. The van der Waals surface area contributed by atoms with Gasteiger partial charge in [0.1, 0.15) is 11.6 Å². The van der Waals surface area contributed by atoms with E-state index in [4.69, 9.17) is 15.2 Å². The summed E-state index contributed by atoms with van der Waals surface area (Å²) in [5.41, 5.74) is 6.92. The second-order valence-corrected chi connectivity index (χ2v) is 4.05. The van der Waals surface area contributed by atoms with Gasteiger partial charge in [0.15, 0.2) is 6.79 Å². The highest BCUT2D eigenvalue weighted by atomic mass is 19.1. The van der Waals surface area contributed by atoms with Gasteiger partial charge in [-0.2, -0.15) is 0 Å². The average Bonchev–Trinajstić information content (AvgIpc) is 2.45. The molecule has 0 radical (unpaired) electrons. The Morgan fingerprint density at radius 1 is 1.05 bits per heavy atom. The number of hydrogen-bond donors (Lipinski definition) is 1. The third-order valence-electron chi connectivity index (χ3n) is 2.66. The molecule has 0 aliphatic heterocycles. The summed E-state index contributed by atoms with van der Waals surface area (Å²) < 4.78 is 24.1. The van der Waals surface area contributed by atoms with Gasteiger partial charge in [0.25, 0.3) is 0 Å². The van der Waals surface area contributed by atoms with Gasteiger partial charge in [0.05, 0.1) is 6.61 Å². The molecule has 3 nitrogen and oxygen atoms in total. The van der Waals surface area contributed by atoms with Crippen LogP contribution in [0, 0.1) is 5.82 Å². The lowest BCUT2D eigenvalue weighted by Gasteiger charge is -2.08. The van der Waals surface area contributed by atoms with Crippen LogP contribution in [0.4, 0.5) is 4.39 Å². The molecule has 0 amide bonds. The topological polar surface area (TPSA) is 44.5 Å². The lowest BCUT2D eigenvalue weighted by atomic mass is 10.2. The van der Waals surface area contributed by atoms with Crippen LogP contribution in [0.15, 0.2) is 48.5 Å². The van der Waals surface area contributed by atoms with Gasteiger partial charge in [-0.15, -0.1) is 0 Å². The fourth-order valence-electron chi connectivity index (χ4n) is 1.63. The number of ether oxygens (including phenoxy) is 2. The molecule has 2 N–H and O–H groups in total. The second-order valence-electron chi connectivity index (χ2n) is 4.05. The van der Waals surface area contributed by atoms with Crippen molar-refractivity contribution in [3.63, 3.8) is 0 Å². The number of hydrogen-bond acceptors (Lipinski definition) is 3. The SMILES string of the molecule is NCc1ccc(OCOCc2ccccc2)cc1F. The first-order chi connectivity index (χ1) is 9.29. The van der Waals surface area contributed by atoms with Crippen LogP contribution in [0.25, 0.3) is 0 Å². The van der Waals surface area contributed by atoms with E-state index in [9.17, 15) is 4.39 Å². The van der Waals surface area contributed by atoms with Crippen LogP contribution in [0.5, 0.6) is 5.75 Å². The van der Waals surface area contributed by atoms with Crippen molar-refractivity contribution < 1.29 is 13.9 Å². The maximum absolute atomic E-state index is 13.4. The summed E-state index contributed by atoms with van der Waals surface area (Å²) in [4.78, 5) is 0. The van der Waals surface area contributed by atoms with Gasteiger partial charge < -0.3 is 15.2 Å². The van der Waals surface area contributed by atoms with E-state index in [1.165, 1.54) is 6.07 Å². The fourth-order valence-corrected chi connectivity index (χ4v) is 1.63. The minimum atomic E-state index is -0.358. The zero-order valence-electron chi connectivity index (χ0n) is 10.5. The summed E-state index contributed by atoms with van der Waals surface area (Å²) in [5, 5.41) is 0. The quantitative estimate of drug-likeness (QED) is 0.642. The van der Waals surface area contributed by atoms with Crippen LogP contribution in [0.3, 0.4) is 0 Å². The first-order valence-corrected chi connectivity index (χ1v) is 6.02. The molecule has 0 spiro atoms. The van der Waals surface area contributed by atoms with E-state index in [2.05, 4.69) is 0 Å². The largest absolute Gasteiger partial charge is 0.467 e. The highest BCUT2D eigenvalue weighted by Crippen LogP contribution is 2.16. The van der Waals surface area contributed by atoms with Crippen molar-refractivity contribution in [1.82, 2.24) is 0 Å². The van der Waals surface area contributed by atoms with E-state index in [1.807, 2.05) is 30.3 Å². The van der Waals surface area contributed by atoms with Crippen molar-refractivity contribution in [2.24, 2.45) is 5.73 Å². The molecule has 0 saturated carbocycles. The summed E-state index contributed by atoms with van der Waals surface area (Å²) in [6, 6.07) is 14.4. The summed E-state index contributed by atoms with van der Waals surface area (Å²) in [7, 11) is 0. The van der Waals surface area contributed by atoms with Crippen molar-refractivity contribution in [3.05, 3.63) is 65.5 Å². The minimum absolute atomic E-state index is 0.0797. The lowest BCUT2D eigenvalue weighted by Crippen LogP contribution is -2.04. The zero-order chi connectivity index (χ0) is 13.5. The van der Waals surface area contributed by atoms with Crippen LogP contribution >= 0.6 is 0 Å². The van der Waals surface area contributed by atoms with Crippen molar-refractivity contribution in [2.75, 3.05) is 6.79 Å². The van der Waals surface area contributed by atoms with Crippen molar-refractivity contribution in [2.45, 2.75) is 13.2 Å². The Labute approximate surface area is 111 Å². The van der Waals surface area contributed by atoms with E-state index < -0.39 is 0 Å². The molecule has 0 fully saturated rings. The van der Waals surface area contributed by atoms with E-state index in [1.54, 1.807) is 12.1 Å². The molecule has 2 aromatic carbocycles. The zero-order valence-corrected chi connectivity index (χ0v) is 10.5. The van der Waals surface area contributed by atoms with Gasteiger partial charge in [-0.05, 0) is 11.6 Å². The van der Waals surface area contributed by atoms with E-state index in [-0.39, 0.29) is 19.2 Å². The molecular formula is C15H16FNO2. The average molecular weight is 261 g/mol. The van der Waals surface area contributed by atoms with Crippen LogP contribution < -0.4 is 10.5 Å². The molecule has 0 aliphatic rings. The van der Waals surface area contributed by atoms with Crippen LogP contribution in [-0.4, -0.2) is 6.79 Å². The molecule has 0 bridgehead atoms. The second kappa shape index (κ2) is 6.87. The van der Waals surface area contributed by atoms with Gasteiger partial charge in [0.2, 0.25) is 0 Å². The number of rotatable bonds is 6. The van der Waals surface area contributed by atoms with E-state index in [0.717, 1.165) is 5.56 Å². The first-order valence-electron chi connectivity index (χ1n) is 6.02. The molecule has 0 atom stereocenters. The Kier molecular flexibility index (Phi) is 4.89. The molecule has 19 heavy (non-hydrogen) atoms. The lowest BCUT2D eigenvalue weighted by molar-refractivity contribution is 0.00489. The van der Waals surface area contributed by atoms with Crippen LogP contribution in [-0.2, 0) is 17.9 Å². The molecule has 0 aromatic heterocycles.